The largest absolute Gasteiger partial charge is 0.390 e. The summed E-state index contributed by atoms with van der Waals surface area (Å²) in [6.45, 7) is 8.62. The minimum Gasteiger partial charge on any atom is -0.390 e. The minimum absolute atomic E-state index is 0.137. The van der Waals surface area contributed by atoms with E-state index >= 15 is 0 Å². The van der Waals surface area contributed by atoms with Gasteiger partial charge in [-0.25, -0.2) is 18.7 Å². The average Bonchev–Trinajstić information content (AvgIpc) is 2.80. The van der Waals surface area contributed by atoms with Gasteiger partial charge in [0, 0.05) is 50.4 Å². The van der Waals surface area contributed by atoms with E-state index in [1.807, 2.05) is 13.8 Å². The highest BCUT2D eigenvalue weighted by molar-refractivity contribution is 5.80. The lowest BCUT2D eigenvalue weighted by Gasteiger charge is -2.36. The number of hydrogen-bond acceptors (Lipinski definition) is 8. The molecule has 1 aliphatic rings. The molecule has 2 unspecified atom stereocenters. The Bertz CT molecular complexity index is 1150. The summed E-state index contributed by atoms with van der Waals surface area (Å²) in [5.41, 5.74) is 1.96. The molecule has 0 saturated carbocycles. The summed E-state index contributed by atoms with van der Waals surface area (Å²) in [6, 6.07) is 5.47. The normalized spacial score (nSPS) is 16.8. The van der Waals surface area contributed by atoms with Gasteiger partial charge >= 0.3 is 0 Å². The van der Waals surface area contributed by atoms with Crippen molar-refractivity contribution in [3.63, 3.8) is 0 Å². The molecule has 1 aliphatic heterocycles. The van der Waals surface area contributed by atoms with E-state index in [0.717, 1.165) is 6.07 Å². The molecule has 0 radical (unpaired) electrons. The van der Waals surface area contributed by atoms with Crippen molar-refractivity contribution >= 4 is 22.7 Å². The van der Waals surface area contributed by atoms with Crippen molar-refractivity contribution in [3.8, 4) is 0 Å². The van der Waals surface area contributed by atoms with Crippen molar-refractivity contribution in [2.45, 2.75) is 45.6 Å². The third-order valence-corrected chi connectivity index (χ3v) is 5.82. The van der Waals surface area contributed by atoms with E-state index in [1.165, 1.54) is 19.1 Å². The fraction of sp³-hybridized carbons (Fsp3) is 0.458. The molecule has 2 atom stereocenters. The number of pyridine rings is 1. The van der Waals surface area contributed by atoms with Gasteiger partial charge in [0.2, 0.25) is 0 Å². The number of nitrogens with zero attached hydrogens (tertiary/aromatic N) is 5. The first-order valence-electron chi connectivity index (χ1n) is 11.4. The van der Waals surface area contributed by atoms with Crippen molar-refractivity contribution in [2.75, 3.05) is 36.4 Å². The van der Waals surface area contributed by atoms with E-state index in [1.54, 1.807) is 12.3 Å². The Balaban J connectivity index is 1.56. The fourth-order valence-corrected chi connectivity index (χ4v) is 3.97. The van der Waals surface area contributed by atoms with Gasteiger partial charge in [0.1, 0.15) is 23.3 Å². The van der Waals surface area contributed by atoms with Gasteiger partial charge in [-0.05, 0) is 32.9 Å². The van der Waals surface area contributed by atoms with Crippen LogP contribution in [0.2, 0.25) is 0 Å². The second kappa shape index (κ2) is 10.1. The second-order valence-electron chi connectivity index (χ2n) is 8.98. The molecule has 4 rings (SSSR count). The van der Waals surface area contributed by atoms with E-state index in [4.69, 9.17) is 9.97 Å². The third-order valence-electron chi connectivity index (χ3n) is 5.82. The molecule has 3 heterocycles. The SMILES string of the molecule is CC(C)Nc1nc2cnc(C(O)C(C)O)cc2nc1N1CCN(Cc2ccc(F)cc2F)CC1. The maximum absolute atomic E-state index is 14.1. The molecule has 1 aromatic carbocycles. The van der Waals surface area contributed by atoms with Crippen LogP contribution in [0.1, 0.15) is 38.1 Å². The molecule has 1 saturated heterocycles. The van der Waals surface area contributed by atoms with Crippen LogP contribution in [-0.2, 0) is 6.54 Å². The summed E-state index contributed by atoms with van der Waals surface area (Å²) < 4.78 is 27.3. The number of rotatable bonds is 7. The van der Waals surface area contributed by atoms with E-state index < -0.39 is 23.8 Å². The number of aliphatic hydroxyl groups excluding tert-OH is 2. The van der Waals surface area contributed by atoms with E-state index in [0.29, 0.717) is 66.7 Å². The van der Waals surface area contributed by atoms with Gasteiger partial charge in [0.15, 0.2) is 11.6 Å². The molecule has 8 nitrogen and oxygen atoms in total. The summed E-state index contributed by atoms with van der Waals surface area (Å²) in [4.78, 5) is 18.0. The lowest BCUT2D eigenvalue weighted by molar-refractivity contribution is 0.0279. The molecule has 3 aromatic rings. The van der Waals surface area contributed by atoms with Crippen LogP contribution >= 0.6 is 0 Å². The van der Waals surface area contributed by atoms with Crippen LogP contribution in [0.5, 0.6) is 0 Å². The third kappa shape index (κ3) is 5.40. The number of aromatic nitrogens is 3. The topological polar surface area (TPSA) is 97.6 Å². The molecule has 0 amide bonds. The first-order valence-corrected chi connectivity index (χ1v) is 11.4. The molecule has 2 aromatic heterocycles. The Kier molecular flexibility index (Phi) is 7.20. The van der Waals surface area contributed by atoms with E-state index in [-0.39, 0.29) is 6.04 Å². The lowest BCUT2D eigenvalue weighted by atomic mass is 10.1. The maximum atomic E-state index is 14.1. The zero-order valence-electron chi connectivity index (χ0n) is 19.5. The van der Waals surface area contributed by atoms with Crippen LogP contribution in [0.4, 0.5) is 20.4 Å². The van der Waals surface area contributed by atoms with Gasteiger partial charge in [-0.3, -0.25) is 9.88 Å². The Labute approximate surface area is 197 Å². The number of aliphatic hydroxyl groups is 2. The van der Waals surface area contributed by atoms with Crippen molar-refractivity contribution in [1.82, 2.24) is 19.9 Å². The Morgan fingerprint density at radius 1 is 1.00 bits per heavy atom. The molecular formula is C24H30F2N6O2. The van der Waals surface area contributed by atoms with Crippen LogP contribution in [-0.4, -0.2) is 68.4 Å². The summed E-state index contributed by atoms with van der Waals surface area (Å²) >= 11 is 0. The number of hydrogen-bond donors (Lipinski definition) is 3. The van der Waals surface area contributed by atoms with E-state index in [9.17, 15) is 19.0 Å². The van der Waals surface area contributed by atoms with Gasteiger partial charge in [0.25, 0.3) is 0 Å². The summed E-state index contributed by atoms with van der Waals surface area (Å²) in [7, 11) is 0. The highest BCUT2D eigenvalue weighted by Crippen LogP contribution is 2.28. The number of halogens is 2. The van der Waals surface area contributed by atoms with Gasteiger partial charge < -0.3 is 20.4 Å². The summed E-state index contributed by atoms with van der Waals surface area (Å²) in [5, 5.41) is 23.3. The van der Waals surface area contributed by atoms with Crippen LogP contribution in [0.25, 0.3) is 11.0 Å². The number of nitrogens with one attached hydrogen (secondary N) is 1. The number of piperazine rings is 1. The number of benzene rings is 1. The molecule has 1 fully saturated rings. The second-order valence-corrected chi connectivity index (χ2v) is 8.98. The number of fused-ring (bicyclic) bond motifs is 1. The smallest absolute Gasteiger partial charge is 0.172 e. The zero-order chi connectivity index (χ0) is 24.4. The molecular weight excluding hydrogens is 442 g/mol. The van der Waals surface area contributed by atoms with Crippen molar-refractivity contribution in [2.24, 2.45) is 0 Å². The van der Waals surface area contributed by atoms with Crippen LogP contribution in [0.15, 0.2) is 30.5 Å². The fourth-order valence-electron chi connectivity index (χ4n) is 3.97. The number of anilines is 2. The van der Waals surface area contributed by atoms with Crippen LogP contribution in [0.3, 0.4) is 0 Å². The Hall–Kier alpha value is -2.95. The summed E-state index contributed by atoms with van der Waals surface area (Å²) in [5.74, 6) is 0.226. The molecule has 34 heavy (non-hydrogen) atoms. The first-order chi connectivity index (χ1) is 16.2. The highest BCUT2D eigenvalue weighted by atomic mass is 19.1. The lowest BCUT2D eigenvalue weighted by Crippen LogP contribution is -2.46. The monoisotopic (exact) mass is 472 g/mol. The molecule has 10 heteroatoms. The molecule has 0 bridgehead atoms. The predicted molar refractivity (Wildman–Crippen MR) is 127 cm³/mol. The average molecular weight is 473 g/mol. The predicted octanol–water partition coefficient (Wildman–Crippen LogP) is 2.86. The standard InChI is InChI=1S/C24H30F2N6O2/c1-14(2)28-23-24(30-19-11-20(22(34)15(3)33)27-12-21(19)29-23)32-8-6-31(7-9-32)13-16-4-5-17(25)10-18(16)26/h4-5,10-12,14-15,22,33-34H,6-9,13H2,1-3H3,(H,28,29). The quantitative estimate of drug-likeness (QED) is 0.483. The molecule has 0 spiro atoms. The van der Waals surface area contributed by atoms with Crippen molar-refractivity contribution in [1.29, 1.82) is 0 Å². The summed E-state index contributed by atoms with van der Waals surface area (Å²) in [6.07, 6.45) is -0.523. The highest BCUT2D eigenvalue weighted by Gasteiger charge is 2.24. The molecule has 3 N–H and O–H groups in total. The van der Waals surface area contributed by atoms with Crippen molar-refractivity contribution in [3.05, 3.63) is 53.4 Å². The van der Waals surface area contributed by atoms with Gasteiger partial charge in [-0.15, -0.1) is 0 Å². The van der Waals surface area contributed by atoms with Gasteiger partial charge in [-0.1, -0.05) is 6.07 Å². The zero-order valence-corrected chi connectivity index (χ0v) is 19.5. The van der Waals surface area contributed by atoms with Gasteiger partial charge in [-0.2, -0.15) is 0 Å². The Morgan fingerprint density at radius 3 is 2.38 bits per heavy atom. The van der Waals surface area contributed by atoms with Crippen LogP contribution < -0.4 is 10.2 Å². The van der Waals surface area contributed by atoms with Crippen molar-refractivity contribution < 1.29 is 19.0 Å². The molecule has 0 aliphatic carbocycles. The Morgan fingerprint density at radius 2 is 1.74 bits per heavy atom. The van der Waals surface area contributed by atoms with Gasteiger partial charge in [0.05, 0.1) is 23.5 Å². The maximum Gasteiger partial charge on any atom is 0.172 e. The molecule has 182 valence electrons. The van der Waals surface area contributed by atoms with Crippen LogP contribution in [0, 0.1) is 11.6 Å². The minimum atomic E-state index is -1.11. The van der Waals surface area contributed by atoms with E-state index in [2.05, 4.69) is 20.1 Å². The first kappa shape index (κ1) is 24.2.